The average molecular weight is 471 g/mol. The lowest BCUT2D eigenvalue weighted by atomic mass is 9.95. The first-order valence-corrected chi connectivity index (χ1v) is 12.0. The Bertz CT molecular complexity index is 1400. The van der Waals surface area contributed by atoms with Gasteiger partial charge in [-0.3, -0.25) is 13.8 Å². The van der Waals surface area contributed by atoms with Gasteiger partial charge in [0.2, 0.25) is 5.91 Å². The predicted octanol–water partition coefficient (Wildman–Crippen LogP) is 3.89. The lowest BCUT2D eigenvalue weighted by Gasteiger charge is -2.32. The molecule has 1 aliphatic heterocycles. The van der Waals surface area contributed by atoms with Crippen molar-refractivity contribution < 1.29 is 4.79 Å². The lowest BCUT2D eigenvalue weighted by molar-refractivity contribution is -0.120. The molecule has 4 aromatic heterocycles. The molecule has 1 aromatic carbocycles. The molecule has 170 valence electrons. The van der Waals surface area contributed by atoms with Gasteiger partial charge in [-0.1, -0.05) is 12.1 Å². The third kappa shape index (κ3) is 4.03. The molecule has 0 spiro atoms. The van der Waals surface area contributed by atoms with E-state index in [1.54, 1.807) is 30.2 Å². The van der Waals surface area contributed by atoms with Gasteiger partial charge in [-0.15, -0.1) is 11.3 Å². The van der Waals surface area contributed by atoms with Crippen LogP contribution in [0.3, 0.4) is 0 Å². The minimum Gasteiger partial charge on any atom is -0.356 e. The molecule has 1 amide bonds. The summed E-state index contributed by atoms with van der Waals surface area (Å²) >= 11 is 1.60. The van der Waals surface area contributed by atoms with E-state index in [2.05, 4.69) is 30.2 Å². The molecule has 1 fully saturated rings. The van der Waals surface area contributed by atoms with Crippen LogP contribution in [-0.4, -0.2) is 47.9 Å². The van der Waals surface area contributed by atoms with Crippen LogP contribution in [0.15, 0.2) is 73.2 Å². The molecular formula is C24H22N8OS. The Morgan fingerprint density at radius 1 is 1.09 bits per heavy atom. The summed E-state index contributed by atoms with van der Waals surface area (Å²) in [5, 5.41) is 5.12. The number of nitrogens with zero attached hydrogens (tertiary/aromatic N) is 7. The fourth-order valence-corrected chi connectivity index (χ4v) is 4.98. The maximum Gasteiger partial charge on any atom is 0.227 e. The van der Waals surface area contributed by atoms with E-state index in [4.69, 9.17) is 0 Å². The number of hydrogen-bond donors (Lipinski definition) is 1. The summed E-state index contributed by atoms with van der Waals surface area (Å²) in [6.07, 6.45) is 12.4. The minimum absolute atomic E-state index is 0.0344. The SMILES string of the molecule is O=C(Nc1cccc(-c2cn3ccsc3n2)c1)C1CCN(c2cc(-n3ccnc3)ncn2)CC1. The molecule has 1 saturated heterocycles. The number of piperidine rings is 1. The number of carbonyl (C=O) groups excluding carboxylic acids is 1. The first kappa shape index (κ1) is 20.5. The Morgan fingerprint density at radius 3 is 2.79 bits per heavy atom. The summed E-state index contributed by atoms with van der Waals surface area (Å²) in [5.74, 6) is 1.67. The highest BCUT2D eigenvalue weighted by molar-refractivity contribution is 7.15. The van der Waals surface area contributed by atoms with Crippen molar-refractivity contribution in [1.29, 1.82) is 0 Å². The smallest absolute Gasteiger partial charge is 0.227 e. The number of nitrogens with one attached hydrogen (secondary N) is 1. The molecule has 0 radical (unpaired) electrons. The van der Waals surface area contributed by atoms with E-state index in [9.17, 15) is 4.79 Å². The van der Waals surface area contributed by atoms with Crippen LogP contribution in [0.5, 0.6) is 0 Å². The molecule has 5 heterocycles. The highest BCUT2D eigenvalue weighted by Crippen LogP contribution is 2.26. The fraction of sp³-hybridized carbons (Fsp3) is 0.208. The van der Waals surface area contributed by atoms with Gasteiger partial charge in [-0.25, -0.2) is 19.9 Å². The molecule has 0 unspecified atom stereocenters. The lowest BCUT2D eigenvalue weighted by Crippen LogP contribution is -2.38. The zero-order chi connectivity index (χ0) is 22.9. The van der Waals surface area contributed by atoms with Crippen LogP contribution in [-0.2, 0) is 4.79 Å². The van der Waals surface area contributed by atoms with Crippen LogP contribution in [0.1, 0.15) is 12.8 Å². The van der Waals surface area contributed by atoms with Gasteiger partial charge in [-0.2, -0.15) is 0 Å². The molecule has 10 heteroatoms. The van der Waals surface area contributed by atoms with Gasteiger partial charge in [0.05, 0.1) is 5.69 Å². The number of hydrogen-bond acceptors (Lipinski definition) is 7. The minimum atomic E-state index is -0.0344. The second kappa shape index (κ2) is 8.71. The van der Waals surface area contributed by atoms with Crippen LogP contribution in [0.2, 0.25) is 0 Å². The predicted molar refractivity (Wildman–Crippen MR) is 131 cm³/mol. The van der Waals surface area contributed by atoms with Gasteiger partial charge in [0, 0.05) is 66.5 Å². The quantitative estimate of drug-likeness (QED) is 0.419. The zero-order valence-corrected chi connectivity index (χ0v) is 19.1. The van der Waals surface area contributed by atoms with Crippen molar-refractivity contribution >= 4 is 33.7 Å². The van der Waals surface area contributed by atoms with Gasteiger partial charge < -0.3 is 10.2 Å². The molecular weight excluding hydrogens is 448 g/mol. The molecule has 1 aliphatic rings. The van der Waals surface area contributed by atoms with Crippen LogP contribution >= 0.6 is 11.3 Å². The second-order valence-electron chi connectivity index (χ2n) is 8.25. The van der Waals surface area contributed by atoms with Crippen molar-refractivity contribution in [3.8, 4) is 17.1 Å². The average Bonchev–Trinajstić information content (AvgIpc) is 3.63. The van der Waals surface area contributed by atoms with Gasteiger partial charge in [0.25, 0.3) is 0 Å². The molecule has 34 heavy (non-hydrogen) atoms. The van der Waals surface area contributed by atoms with Crippen LogP contribution in [0.4, 0.5) is 11.5 Å². The molecule has 0 atom stereocenters. The second-order valence-corrected chi connectivity index (χ2v) is 9.13. The molecule has 9 nitrogen and oxygen atoms in total. The first-order valence-electron chi connectivity index (χ1n) is 11.1. The Labute approximate surface area is 199 Å². The number of thiazole rings is 1. The Balaban J connectivity index is 1.09. The Hall–Kier alpha value is -4.05. The van der Waals surface area contributed by atoms with Crippen molar-refractivity contribution in [3.63, 3.8) is 0 Å². The summed E-state index contributed by atoms with van der Waals surface area (Å²) in [6, 6.07) is 9.83. The summed E-state index contributed by atoms with van der Waals surface area (Å²) < 4.78 is 3.86. The summed E-state index contributed by atoms with van der Waals surface area (Å²) in [7, 11) is 0. The molecule has 0 bridgehead atoms. The summed E-state index contributed by atoms with van der Waals surface area (Å²) in [5.41, 5.74) is 2.68. The number of anilines is 2. The number of amides is 1. The van der Waals surface area contributed by atoms with Crippen LogP contribution in [0.25, 0.3) is 22.0 Å². The summed E-state index contributed by atoms with van der Waals surface area (Å²) in [6.45, 7) is 1.54. The van der Waals surface area contributed by atoms with Crippen molar-refractivity contribution in [1.82, 2.24) is 28.9 Å². The fourth-order valence-electron chi connectivity index (χ4n) is 4.28. The van der Waals surface area contributed by atoms with Crippen LogP contribution in [0, 0.1) is 5.92 Å². The van der Waals surface area contributed by atoms with E-state index < -0.39 is 0 Å². The monoisotopic (exact) mass is 470 g/mol. The van der Waals surface area contributed by atoms with E-state index in [0.717, 1.165) is 59.5 Å². The molecule has 6 rings (SSSR count). The first-order chi connectivity index (χ1) is 16.7. The van der Waals surface area contributed by atoms with E-state index in [1.807, 2.05) is 63.3 Å². The van der Waals surface area contributed by atoms with Crippen molar-refractivity contribution in [2.45, 2.75) is 12.8 Å². The third-order valence-electron chi connectivity index (χ3n) is 6.12. The summed E-state index contributed by atoms with van der Waals surface area (Å²) in [4.78, 5) is 33.6. The van der Waals surface area contributed by atoms with Crippen LogP contribution < -0.4 is 10.2 Å². The van der Waals surface area contributed by atoms with E-state index in [0.29, 0.717) is 0 Å². The zero-order valence-electron chi connectivity index (χ0n) is 18.3. The molecule has 0 saturated carbocycles. The van der Waals surface area contributed by atoms with Crippen molar-refractivity contribution in [3.05, 3.63) is 73.2 Å². The van der Waals surface area contributed by atoms with Gasteiger partial charge in [-0.05, 0) is 25.0 Å². The molecule has 0 aliphatic carbocycles. The Morgan fingerprint density at radius 2 is 1.97 bits per heavy atom. The Kier molecular flexibility index (Phi) is 5.27. The molecule has 5 aromatic rings. The normalized spacial score (nSPS) is 14.5. The van der Waals surface area contributed by atoms with Gasteiger partial charge in [0.1, 0.15) is 24.3 Å². The van der Waals surface area contributed by atoms with E-state index in [1.165, 1.54) is 0 Å². The number of benzene rings is 1. The number of aromatic nitrogens is 6. The highest BCUT2D eigenvalue weighted by atomic mass is 32.1. The van der Waals surface area contributed by atoms with E-state index >= 15 is 0 Å². The highest BCUT2D eigenvalue weighted by Gasteiger charge is 2.26. The van der Waals surface area contributed by atoms with Crippen molar-refractivity contribution in [2.75, 3.05) is 23.3 Å². The van der Waals surface area contributed by atoms with Gasteiger partial charge >= 0.3 is 0 Å². The molecule has 1 N–H and O–H groups in total. The number of rotatable bonds is 5. The maximum absolute atomic E-state index is 13.0. The van der Waals surface area contributed by atoms with E-state index in [-0.39, 0.29) is 11.8 Å². The largest absolute Gasteiger partial charge is 0.356 e. The van der Waals surface area contributed by atoms with Crippen molar-refractivity contribution in [2.24, 2.45) is 5.92 Å². The standard InChI is InChI=1S/C24H22N8OS/c33-23(28-19-3-1-2-18(12-19)20-14-31-10-11-34-24(31)29-20)17-4-7-30(8-5-17)21-13-22(27-15-26-21)32-9-6-25-16-32/h1-3,6,9-17H,4-5,7-8H2,(H,28,33). The number of fused-ring (bicyclic) bond motifs is 1. The maximum atomic E-state index is 13.0. The number of imidazole rings is 2. The number of carbonyl (C=O) groups is 1. The topological polar surface area (TPSA) is 93.2 Å². The third-order valence-corrected chi connectivity index (χ3v) is 6.89. The van der Waals surface area contributed by atoms with Gasteiger partial charge in [0.15, 0.2) is 4.96 Å².